The summed E-state index contributed by atoms with van der Waals surface area (Å²) >= 11 is 0. The van der Waals surface area contributed by atoms with Crippen molar-refractivity contribution >= 4 is 17.9 Å². The maximum absolute atomic E-state index is 10.8. The molecule has 0 heterocycles. The minimum absolute atomic E-state index is 0.270. The first-order chi connectivity index (χ1) is 6.27. The van der Waals surface area contributed by atoms with Gasteiger partial charge in [-0.05, 0) is 18.1 Å². The molecule has 0 saturated heterocycles. The van der Waals surface area contributed by atoms with Crippen LogP contribution in [-0.4, -0.2) is 12.2 Å². The molecular weight excluding hydrogens is 166 g/mol. The average Bonchev–Trinajstić information content (AvgIpc) is 2.18. The molecule has 1 aromatic rings. The summed E-state index contributed by atoms with van der Waals surface area (Å²) < 4.78 is 0. The van der Waals surface area contributed by atoms with Crippen molar-refractivity contribution in [3.05, 3.63) is 29.8 Å². The minimum Gasteiger partial charge on any atom is -0.319 e. The zero-order valence-electron chi connectivity index (χ0n) is 7.41. The number of carbonyl (C=O) groups excluding carboxylic acids is 2. The second-order valence-corrected chi connectivity index (χ2v) is 2.62. The topological polar surface area (TPSA) is 46.2 Å². The molecule has 0 unspecified atom stereocenters. The number of para-hydroxylation sites is 1. The molecule has 13 heavy (non-hydrogen) atoms. The summed E-state index contributed by atoms with van der Waals surface area (Å²) in [5.74, 6) is -0.610. The Kier molecular flexibility index (Phi) is 3.20. The fourth-order valence-electron chi connectivity index (χ4n) is 1.11. The zero-order valence-corrected chi connectivity index (χ0v) is 7.41. The second kappa shape index (κ2) is 4.40. The van der Waals surface area contributed by atoms with E-state index >= 15 is 0 Å². The number of aryl methyl sites for hydroxylation is 1. The van der Waals surface area contributed by atoms with E-state index in [4.69, 9.17) is 0 Å². The van der Waals surface area contributed by atoms with E-state index in [-0.39, 0.29) is 6.29 Å². The molecule has 0 bridgehead atoms. The molecule has 0 fully saturated rings. The lowest BCUT2D eigenvalue weighted by atomic mass is 10.1. The van der Waals surface area contributed by atoms with Gasteiger partial charge in [-0.15, -0.1) is 0 Å². The number of hydrogen-bond donors (Lipinski definition) is 1. The van der Waals surface area contributed by atoms with Crippen molar-refractivity contribution in [2.24, 2.45) is 0 Å². The van der Waals surface area contributed by atoms with Gasteiger partial charge in [-0.25, -0.2) is 0 Å². The monoisotopic (exact) mass is 177 g/mol. The van der Waals surface area contributed by atoms with Gasteiger partial charge in [-0.3, -0.25) is 9.59 Å². The highest BCUT2D eigenvalue weighted by molar-refractivity contribution is 6.29. The van der Waals surface area contributed by atoms with Crippen LogP contribution >= 0.6 is 0 Å². The lowest BCUT2D eigenvalue weighted by molar-refractivity contribution is -0.127. The van der Waals surface area contributed by atoms with Crippen molar-refractivity contribution in [1.82, 2.24) is 0 Å². The molecule has 0 aromatic heterocycles. The van der Waals surface area contributed by atoms with E-state index in [0.717, 1.165) is 12.0 Å². The summed E-state index contributed by atoms with van der Waals surface area (Å²) in [4.78, 5) is 20.9. The minimum atomic E-state index is -0.610. The molecule has 0 aliphatic heterocycles. The van der Waals surface area contributed by atoms with E-state index in [1.54, 1.807) is 6.07 Å². The Morgan fingerprint density at radius 2 is 2.15 bits per heavy atom. The third-order valence-corrected chi connectivity index (χ3v) is 1.76. The highest BCUT2D eigenvalue weighted by Gasteiger charge is 2.02. The van der Waals surface area contributed by atoms with Crippen LogP contribution in [0.25, 0.3) is 0 Å². The van der Waals surface area contributed by atoms with Gasteiger partial charge in [0.05, 0.1) is 0 Å². The van der Waals surface area contributed by atoms with Gasteiger partial charge in [0.25, 0.3) is 5.91 Å². The fourth-order valence-corrected chi connectivity index (χ4v) is 1.11. The van der Waals surface area contributed by atoms with E-state index in [0.29, 0.717) is 5.69 Å². The molecule has 0 spiro atoms. The predicted molar refractivity (Wildman–Crippen MR) is 50.5 cm³/mol. The summed E-state index contributed by atoms with van der Waals surface area (Å²) in [6, 6.07) is 7.41. The molecule has 0 atom stereocenters. The van der Waals surface area contributed by atoms with Crippen molar-refractivity contribution in [2.75, 3.05) is 5.32 Å². The molecule has 1 N–H and O–H groups in total. The van der Waals surface area contributed by atoms with Crippen molar-refractivity contribution < 1.29 is 9.59 Å². The summed E-state index contributed by atoms with van der Waals surface area (Å²) in [6.45, 7) is 1.99. The van der Waals surface area contributed by atoms with Crippen molar-refractivity contribution in [2.45, 2.75) is 13.3 Å². The number of hydrogen-bond acceptors (Lipinski definition) is 2. The molecule has 0 aliphatic rings. The second-order valence-electron chi connectivity index (χ2n) is 2.62. The molecule has 3 heteroatoms. The molecule has 1 aromatic carbocycles. The quantitative estimate of drug-likeness (QED) is 0.560. The van der Waals surface area contributed by atoms with Crippen LogP contribution in [0.3, 0.4) is 0 Å². The number of nitrogens with one attached hydrogen (secondary N) is 1. The summed E-state index contributed by atoms with van der Waals surface area (Å²) in [5, 5.41) is 2.50. The Balaban J connectivity index is 2.86. The van der Waals surface area contributed by atoms with Gasteiger partial charge < -0.3 is 5.32 Å². The average molecular weight is 177 g/mol. The Morgan fingerprint density at radius 3 is 2.77 bits per heavy atom. The number of amides is 1. The van der Waals surface area contributed by atoms with Crippen LogP contribution in [0.2, 0.25) is 0 Å². The first-order valence-corrected chi connectivity index (χ1v) is 4.12. The van der Waals surface area contributed by atoms with Crippen LogP contribution in [-0.2, 0) is 16.0 Å². The van der Waals surface area contributed by atoms with E-state index in [1.165, 1.54) is 0 Å². The standard InChI is InChI=1S/C10H11NO2/c1-2-8-5-3-4-6-9(8)11-10(13)7-12/h3-7H,2H2,1H3,(H,11,13). The van der Waals surface area contributed by atoms with Gasteiger partial charge in [0.1, 0.15) is 0 Å². The van der Waals surface area contributed by atoms with Crippen LogP contribution in [0.4, 0.5) is 5.69 Å². The molecule has 0 aliphatic carbocycles. The van der Waals surface area contributed by atoms with Gasteiger partial charge in [-0.2, -0.15) is 0 Å². The van der Waals surface area contributed by atoms with Gasteiger partial charge in [0.15, 0.2) is 0 Å². The SMILES string of the molecule is CCc1ccccc1NC(=O)C=O. The van der Waals surface area contributed by atoms with Crippen LogP contribution in [0.5, 0.6) is 0 Å². The normalized spacial score (nSPS) is 9.31. The predicted octanol–water partition coefficient (Wildman–Crippen LogP) is 1.39. The summed E-state index contributed by atoms with van der Waals surface area (Å²) in [5.41, 5.74) is 1.74. The lowest BCUT2D eigenvalue weighted by Gasteiger charge is -2.06. The largest absolute Gasteiger partial charge is 0.319 e. The molecule has 0 radical (unpaired) electrons. The molecule has 1 rings (SSSR count). The Bertz CT molecular complexity index is 320. The Labute approximate surface area is 76.8 Å². The molecule has 68 valence electrons. The van der Waals surface area contributed by atoms with Gasteiger partial charge in [0, 0.05) is 5.69 Å². The van der Waals surface area contributed by atoms with Crippen LogP contribution in [0, 0.1) is 0 Å². The highest BCUT2D eigenvalue weighted by atomic mass is 16.2. The van der Waals surface area contributed by atoms with E-state index in [1.807, 2.05) is 25.1 Å². The smallest absolute Gasteiger partial charge is 0.288 e. The molecular formula is C10H11NO2. The van der Waals surface area contributed by atoms with Crippen LogP contribution < -0.4 is 5.32 Å². The Morgan fingerprint density at radius 1 is 1.46 bits per heavy atom. The molecule has 0 saturated carbocycles. The van der Waals surface area contributed by atoms with Crippen LogP contribution in [0.1, 0.15) is 12.5 Å². The zero-order chi connectivity index (χ0) is 9.68. The number of benzene rings is 1. The number of rotatable bonds is 3. The third kappa shape index (κ3) is 2.40. The van der Waals surface area contributed by atoms with Crippen molar-refractivity contribution in [1.29, 1.82) is 0 Å². The van der Waals surface area contributed by atoms with Crippen molar-refractivity contribution in [3.8, 4) is 0 Å². The number of aldehydes is 1. The number of carbonyl (C=O) groups is 2. The Hall–Kier alpha value is -1.64. The van der Waals surface area contributed by atoms with Gasteiger partial charge >= 0.3 is 0 Å². The van der Waals surface area contributed by atoms with Crippen LogP contribution in [0.15, 0.2) is 24.3 Å². The van der Waals surface area contributed by atoms with Crippen molar-refractivity contribution in [3.63, 3.8) is 0 Å². The van der Waals surface area contributed by atoms with E-state index in [9.17, 15) is 9.59 Å². The van der Waals surface area contributed by atoms with E-state index in [2.05, 4.69) is 5.32 Å². The van der Waals surface area contributed by atoms with Gasteiger partial charge in [-0.1, -0.05) is 25.1 Å². The number of anilines is 1. The van der Waals surface area contributed by atoms with Gasteiger partial charge in [0.2, 0.25) is 6.29 Å². The summed E-state index contributed by atoms with van der Waals surface area (Å²) in [7, 11) is 0. The van der Waals surface area contributed by atoms with E-state index < -0.39 is 5.91 Å². The summed E-state index contributed by atoms with van der Waals surface area (Å²) in [6.07, 6.45) is 1.10. The maximum Gasteiger partial charge on any atom is 0.288 e. The first-order valence-electron chi connectivity index (χ1n) is 4.12. The lowest BCUT2D eigenvalue weighted by Crippen LogP contribution is -2.13. The molecule has 3 nitrogen and oxygen atoms in total. The fraction of sp³-hybridized carbons (Fsp3) is 0.200. The maximum atomic E-state index is 10.8. The third-order valence-electron chi connectivity index (χ3n) is 1.76. The molecule has 1 amide bonds. The highest BCUT2D eigenvalue weighted by Crippen LogP contribution is 2.14. The first kappa shape index (κ1) is 9.45.